The number of nitrogens with one attached hydrogen (secondary N) is 2. The number of urea groups is 1. The van der Waals surface area contributed by atoms with Crippen LogP contribution in [0, 0.1) is 5.41 Å². The number of nitrogens with zero attached hydrogens (tertiary/aromatic N) is 2. The van der Waals surface area contributed by atoms with Gasteiger partial charge in [-0.2, -0.15) is 13.5 Å². The average Bonchev–Trinajstić information content (AvgIpc) is 3.33. The van der Waals surface area contributed by atoms with Gasteiger partial charge in [0.2, 0.25) is 0 Å². The third kappa shape index (κ3) is 3.76. The molecule has 4 fully saturated rings. The Balaban J connectivity index is 1.39. The Kier molecular flexibility index (Phi) is 4.79. The van der Waals surface area contributed by atoms with Crippen LogP contribution in [0.25, 0.3) is 0 Å². The summed E-state index contributed by atoms with van der Waals surface area (Å²) in [7, 11) is -4.82. The molecule has 3 unspecified atom stereocenters. The minimum absolute atomic E-state index is 0.177. The van der Waals surface area contributed by atoms with Gasteiger partial charge in [0.15, 0.2) is 0 Å². The second-order valence-electron chi connectivity index (χ2n) is 7.79. The minimum Gasteiger partial charge on any atom is -0.312 e. The van der Waals surface area contributed by atoms with E-state index in [0.717, 1.165) is 38.6 Å². The molecular formula is C15H24N4O7S. The van der Waals surface area contributed by atoms with Crippen LogP contribution in [0.3, 0.4) is 0 Å². The molecule has 3 atom stereocenters. The lowest BCUT2D eigenvalue weighted by atomic mass is 9.85. The molecular weight excluding hydrogens is 380 g/mol. The maximum absolute atomic E-state index is 12.6. The highest BCUT2D eigenvalue weighted by Crippen LogP contribution is 2.59. The quantitative estimate of drug-likeness (QED) is 0.401. The summed E-state index contributed by atoms with van der Waals surface area (Å²) in [5.41, 5.74) is 2.07. The molecule has 1 spiro atoms. The van der Waals surface area contributed by atoms with Crippen LogP contribution in [0.5, 0.6) is 0 Å². The fraction of sp³-hybridized carbons (Fsp3) is 0.867. The first-order chi connectivity index (χ1) is 12.8. The summed E-state index contributed by atoms with van der Waals surface area (Å²) >= 11 is 0. The molecule has 1 saturated carbocycles. The first-order valence-electron chi connectivity index (χ1n) is 9.21. The summed E-state index contributed by atoms with van der Waals surface area (Å²) in [5, 5.41) is 4.01. The molecule has 2 bridgehead atoms. The summed E-state index contributed by atoms with van der Waals surface area (Å²) in [6, 6.07) is -1.80. The number of hydroxylamine groups is 3. The molecule has 12 heteroatoms. The van der Waals surface area contributed by atoms with Crippen LogP contribution in [-0.4, -0.2) is 72.7 Å². The summed E-state index contributed by atoms with van der Waals surface area (Å²) in [4.78, 5) is 31.8. The van der Waals surface area contributed by atoms with E-state index in [-0.39, 0.29) is 18.0 Å². The fourth-order valence-corrected chi connectivity index (χ4v) is 4.77. The number of carbonyl (C=O) groups is 2. The normalized spacial score (nSPS) is 32.0. The predicted molar refractivity (Wildman–Crippen MR) is 90.2 cm³/mol. The first kappa shape index (κ1) is 18.9. The van der Waals surface area contributed by atoms with Gasteiger partial charge in [-0.1, -0.05) is 6.42 Å². The zero-order chi connectivity index (χ0) is 19.2. The molecule has 3 N–H and O–H groups in total. The third-order valence-corrected chi connectivity index (χ3v) is 6.36. The van der Waals surface area contributed by atoms with Gasteiger partial charge < -0.3 is 10.2 Å². The van der Waals surface area contributed by atoms with Crippen molar-refractivity contribution in [3.63, 3.8) is 0 Å². The van der Waals surface area contributed by atoms with Crippen molar-refractivity contribution in [1.82, 2.24) is 20.8 Å². The molecule has 0 aromatic rings. The summed E-state index contributed by atoms with van der Waals surface area (Å²) in [6.07, 6.45) is 5.17. The topological polar surface area (TPSA) is 138 Å². The molecule has 152 valence electrons. The fourth-order valence-electron chi connectivity index (χ4n) is 4.40. The first-order valence-corrected chi connectivity index (χ1v) is 10.6. The zero-order valence-corrected chi connectivity index (χ0v) is 15.6. The summed E-state index contributed by atoms with van der Waals surface area (Å²) in [6.45, 7) is 1.45. The van der Waals surface area contributed by atoms with Crippen LogP contribution in [0.2, 0.25) is 0 Å². The average molecular weight is 404 g/mol. The number of hydrogen-bond donors (Lipinski definition) is 3. The van der Waals surface area contributed by atoms with E-state index in [1.54, 1.807) is 0 Å². The van der Waals surface area contributed by atoms with Crippen LogP contribution in [0.4, 0.5) is 4.79 Å². The highest BCUT2D eigenvalue weighted by molar-refractivity contribution is 7.80. The number of carbonyl (C=O) groups excluding carboxylic acids is 2. The van der Waals surface area contributed by atoms with Crippen molar-refractivity contribution >= 4 is 22.3 Å². The molecule has 0 radical (unpaired) electrons. The molecule has 0 aromatic heterocycles. The van der Waals surface area contributed by atoms with Crippen molar-refractivity contribution < 1.29 is 31.7 Å². The van der Waals surface area contributed by atoms with E-state index in [1.807, 2.05) is 0 Å². The Morgan fingerprint density at radius 3 is 2.78 bits per heavy atom. The van der Waals surface area contributed by atoms with E-state index >= 15 is 0 Å². The standard InChI is InChI=1S/C15H24N4O7S/c20-13(17-25-9-10-3-1-2-6-16-10)11-7-15(4-5-15)12-8-18(11)14(21)19(12)26-27(22,23)24/h10-12,16H,1-9H2,(H,17,20)(H,22,23,24). The minimum atomic E-state index is -4.82. The maximum Gasteiger partial charge on any atom is 0.418 e. The second-order valence-corrected chi connectivity index (χ2v) is 8.79. The highest BCUT2D eigenvalue weighted by atomic mass is 32.3. The molecule has 3 amide bonds. The smallest absolute Gasteiger partial charge is 0.312 e. The Bertz CT molecular complexity index is 720. The number of amides is 3. The van der Waals surface area contributed by atoms with E-state index in [1.165, 1.54) is 4.90 Å². The Morgan fingerprint density at radius 2 is 2.15 bits per heavy atom. The Labute approximate surface area is 157 Å². The largest absolute Gasteiger partial charge is 0.418 e. The van der Waals surface area contributed by atoms with Gasteiger partial charge in [0.05, 0.1) is 12.6 Å². The maximum atomic E-state index is 12.6. The molecule has 27 heavy (non-hydrogen) atoms. The van der Waals surface area contributed by atoms with Gasteiger partial charge in [-0.25, -0.2) is 10.3 Å². The molecule has 4 aliphatic rings. The van der Waals surface area contributed by atoms with Crippen molar-refractivity contribution in [2.75, 3.05) is 19.7 Å². The lowest BCUT2D eigenvalue weighted by Gasteiger charge is -2.35. The van der Waals surface area contributed by atoms with Crippen molar-refractivity contribution in [2.45, 2.75) is 56.7 Å². The van der Waals surface area contributed by atoms with Gasteiger partial charge in [0.25, 0.3) is 5.91 Å². The van der Waals surface area contributed by atoms with Gasteiger partial charge in [-0.15, -0.1) is 4.28 Å². The predicted octanol–water partition coefficient (Wildman–Crippen LogP) is -0.431. The van der Waals surface area contributed by atoms with Crippen LogP contribution in [-0.2, 0) is 24.3 Å². The van der Waals surface area contributed by atoms with Gasteiger partial charge >= 0.3 is 16.4 Å². The lowest BCUT2D eigenvalue weighted by molar-refractivity contribution is -0.140. The van der Waals surface area contributed by atoms with Crippen molar-refractivity contribution in [1.29, 1.82) is 0 Å². The van der Waals surface area contributed by atoms with Crippen LogP contribution in [0.1, 0.15) is 38.5 Å². The van der Waals surface area contributed by atoms with E-state index < -0.39 is 34.4 Å². The van der Waals surface area contributed by atoms with Crippen molar-refractivity contribution in [3.8, 4) is 0 Å². The van der Waals surface area contributed by atoms with Crippen LogP contribution < -0.4 is 10.8 Å². The molecule has 1 aliphatic carbocycles. The van der Waals surface area contributed by atoms with Gasteiger partial charge in [-0.3, -0.25) is 14.2 Å². The van der Waals surface area contributed by atoms with Gasteiger partial charge in [0.1, 0.15) is 6.04 Å². The zero-order valence-electron chi connectivity index (χ0n) is 14.8. The molecule has 3 aliphatic heterocycles. The summed E-state index contributed by atoms with van der Waals surface area (Å²) < 4.78 is 35.6. The number of piperidine rings is 2. The van der Waals surface area contributed by atoms with Gasteiger partial charge in [-0.05, 0) is 44.1 Å². The SMILES string of the molecule is O=C(NOCC1CCCCN1)C1CC2(CC2)C2CN1C(=O)N2OS(=O)(=O)O. The Hall–Kier alpha value is -1.47. The second kappa shape index (κ2) is 6.85. The molecule has 11 nitrogen and oxygen atoms in total. The number of hydrogen-bond acceptors (Lipinski definition) is 7. The van der Waals surface area contributed by atoms with E-state index in [0.29, 0.717) is 18.1 Å². The lowest BCUT2D eigenvalue weighted by Crippen LogP contribution is -2.53. The van der Waals surface area contributed by atoms with Crippen molar-refractivity contribution in [2.24, 2.45) is 5.41 Å². The number of rotatable bonds is 6. The van der Waals surface area contributed by atoms with Crippen molar-refractivity contribution in [3.05, 3.63) is 0 Å². The third-order valence-electron chi connectivity index (χ3n) is 6.01. The number of fused-ring (bicyclic) bond motifs is 3. The monoisotopic (exact) mass is 404 g/mol. The van der Waals surface area contributed by atoms with E-state index in [4.69, 9.17) is 9.39 Å². The van der Waals surface area contributed by atoms with Crippen LogP contribution >= 0.6 is 0 Å². The summed E-state index contributed by atoms with van der Waals surface area (Å²) in [5.74, 6) is -0.433. The Morgan fingerprint density at radius 1 is 1.37 bits per heavy atom. The molecule has 4 rings (SSSR count). The van der Waals surface area contributed by atoms with Crippen LogP contribution in [0.15, 0.2) is 0 Å². The highest BCUT2D eigenvalue weighted by Gasteiger charge is 2.65. The van der Waals surface area contributed by atoms with Gasteiger partial charge in [0, 0.05) is 12.6 Å². The molecule has 0 aromatic carbocycles. The molecule has 3 saturated heterocycles. The molecule has 3 heterocycles. The van der Waals surface area contributed by atoms with E-state index in [9.17, 15) is 18.0 Å². The van der Waals surface area contributed by atoms with E-state index in [2.05, 4.69) is 15.1 Å².